The molecule has 1 aromatic carbocycles. The third-order valence-electron chi connectivity index (χ3n) is 2.20. The predicted octanol–water partition coefficient (Wildman–Crippen LogP) is 3.63. The van der Waals surface area contributed by atoms with Gasteiger partial charge in [-0.2, -0.15) is 0 Å². The van der Waals surface area contributed by atoms with Gasteiger partial charge in [-0.1, -0.05) is 36.4 Å². The first-order valence-corrected chi connectivity index (χ1v) is 5.58. The minimum Gasteiger partial charge on any atom is -0.383 e. The normalized spacial score (nSPS) is 12.3. The van der Waals surface area contributed by atoms with Gasteiger partial charge in [-0.05, 0) is 17.7 Å². The van der Waals surface area contributed by atoms with E-state index in [-0.39, 0.29) is 0 Å². The zero-order valence-corrected chi connectivity index (χ0v) is 9.08. The maximum absolute atomic E-state index is 9.58. The molecule has 0 fully saturated rings. The Bertz CT molecular complexity index is 445. The second-order valence-corrected chi connectivity index (χ2v) is 4.36. The van der Waals surface area contributed by atoms with Crippen LogP contribution in [-0.4, -0.2) is 5.11 Å². The molecule has 2 aromatic rings. The Morgan fingerprint density at radius 1 is 1.13 bits per heavy atom. The summed E-state index contributed by atoms with van der Waals surface area (Å²) in [6.07, 6.45) is 0.994. The summed E-state index contributed by atoms with van der Waals surface area (Å²) < 4.78 is 0. The van der Waals surface area contributed by atoms with Gasteiger partial charge in [0.15, 0.2) is 0 Å². The van der Waals surface area contributed by atoms with E-state index in [1.54, 1.807) is 17.4 Å². The molecule has 76 valence electrons. The van der Waals surface area contributed by atoms with Crippen molar-refractivity contribution >= 4 is 11.3 Å². The highest BCUT2D eigenvalue weighted by atomic mass is 32.1. The van der Waals surface area contributed by atoms with Gasteiger partial charge in [0.1, 0.15) is 6.10 Å². The Kier molecular flexibility index (Phi) is 2.99. The standard InChI is InChI=1S/C13H12OS/c1-2-11(14)13-9-8-12(15-13)10-6-4-3-5-7-10/h2-9,11,14H,1H2. The van der Waals surface area contributed by atoms with E-state index in [1.165, 1.54) is 10.4 Å². The summed E-state index contributed by atoms with van der Waals surface area (Å²) in [6, 6.07) is 14.1. The van der Waals surface area contributed by atoms with Gasteiger partial charge in [-0.3, -0.25) is 0 Å². The lowest BCUT2D eigenvalue weighted by Gasteiger charge is -1.99. The smallest absolute Gasteiger partial charge is 0.106 e. The largest absolute Gasteiger partial charge is 0.383 e. The molecule has 0 amide bonds. The van der Waals surface area contributed by atoms with Crippen molar-refractivity contribution in [3.05, 3.63) is 60.0 Å². The quantitative estimate of drug-likeness (QED) is 0.777. The third kappa shape index (κ3) is 2.17. The first kappa shape index (κ1) is 10.1. The molecule has 0 aliphatic heterocycles. The first-order valence-electron chi connectivity index (χ1n) is 4.77. The molecule has 1 aromatic heterocycles. The average Bonchev–Trinajstić information content (AvgIpc) is 2.78. The van der Waals surface area contributed by atoms with Crippen LogP contribution in [0.3, 0.4) is 0 Å². The van der Waals surface area contributed by atoms with Gasteiger partial charge in [0.05, 0.1) is 0 Å². The SMILES string of the molecule is C=CC(O)c1ccc(-c2ccccc2)s1. The van der Waals surface area contributed by atoms with Crippen LogP contribution in [0.4, 0.5) is 0 Å². The van der Waals surface area contributed by atoms with Crippen molar-refractivity contribution in [2.75, 3.05) is 0 Å². The maximum atomic E-state index is 9.58. The van der Waals surface area contributed by atoms with Crippen LogP contribution < -0.4 is 0 Å². The monoisotopic (exact) mass is 216 g/mol. The van der Waals surface area contributed by atoms with Crippen LogP contribution >= 0.6 is 11.3 Å². The molecule has 0 aliphatic carbocycles. The van der Waals surface area contributed by atoms with Gasteiger partial charge >= 0.3 is 0 Å². The van der Waals surface area contributed by atoms with E-state index in [2.05, 4.69) is 18.7 Å². The fourth-order valence-electron chi connectivity index (χ4n) is 1.39. The van der Waals surface area contributed by atoms with Gasteiger partial charge in [0.2, 0.25) is 0 Å². The molecule has 0 saturated heterocycles. The second-order valence-electron chi connectivity index (χ2n) is 3.25. The Morgan fingerprint density at radius 3 is 2.53 bits per heavy atom. The number of benzene rings is 1. The molecule has 1 nitrogen and oxygen atoms in total. The fourth-order valence-corrected chi connectivity index (χ4v) is 2.38. The van der Waals surface area contributed by atoms with Gasteiger partial charge in [-0.25, -0.2) is 0 Å². The molecule has 0 spiro atoms. The van der Waals surface area contributed by atoms with Crippen molar-refractivity contribution in [2.24, 2.45) is 0 Å². The zero-order valence-electron chi connectivity index (χ0n) is 8.26. The van der Waals surface area contributed by atoms with Crippen molar-refractivity contribution < 1.29 is 5.11 Å². The molecule has 2 rings (SSSR count). The number of aliphatic hydroxyl groups is 1. The van der Waals surface area contributed by atoms with Crippen LogP contribution in [0.25, 0.3) is 10.4 Å². The number of thiophene rings is 1. The van der Waals surface area contributed by atoms with Crippen LogP contribution in [0.5, 0.6) is 0 Å². The summed E-state index contributed by atoms with van der Waals surface area (Å²) in [5.41, 5.74) is 1.19. The molecule has 1 unspecified atom stereocenters. The lowest BCUT2D eigenvalue weighted by molar-refractivity contribution is 0.233. The predicted molar refractivity (Wildman–Crippen MR) is 64.9 cm³/mol. The van der Waals surface area contributed by atoms with Crippen molar-refractivity contribution in [3.63, 3.8) is 0 Å². The number of hydrogen-bond acceptors (Lipinski definition) is 2. The molecule has 1 heterocycles. The van der Waals surface area contributed by atoms with E-state index in [0.717, 1.165) is 4.88 Å². The number of rotatable bonds is 3. The van der Waals surface area contributed by atoms with Crippen LogP contribution in [0.15, 0.2) is 55.1 Å². The van der Waals surface area contributed by atoms with Crippen molar-refractivity contribution in [1.82, 2.24) is 0 Å². The summed E-state index contributed by atoms with van der Waals surface area (Å²) >= 11 is 1.60. The summed E-state index contributed by atoms with van der Waals surface area (Å²) in [5.74, 6) is 0. The van der Waals surface area contributed by atoms with Gasteiger partial charge in [-0.15, -0.1) is 17.9 Å². The minimum absolute atomic E-state index is 0.549. The maximum Gasteiger partial charge on any atom is 0.106 e. The molecule has 0 saturated carbocycles. The topological polar surface area (TPSA) is 20.2 Å². The number of aliphatic hydroxyl groups excluding tert-OH is 1. The molecule has 1 N–H and O–H groups in total. The molecule has 1 atom stereocenters. The van der Waals surface area contributed by atoms with Crippen molar-refractivity contribution in [3.8, 4) is 10.4 Å². The molecular formula is C13H12OS. The minimum atomic E-state index is -0.549. The summed E-state index contributed by atoms with van der Waals surface area (Å²) in [6.45, 7) is 3.58. The van der Waals surface area contributed by atoms with E-state index < -0.39 is 6.10 Å². The third-order valence-corrected chi connectivity index (χ3v) is 3.40. The van der Waals surface area contributed by atoms with Crippen LogP contribution in [0.2, 0.25) is 0 Å². The number of hydrogen-bond donors (Lipinski definition) is 1. The van der Waals surface area contributed by atoms with E-state index in [4.69, 9.17) is 0 Å². The van der Waals surface area contributed by atoms with Gasteiger partial charge < -0.3 is 5.11 Å². The lowest BCUT2D eigenvalue weighted by atomic mass is 10.2. The zero-order chi connectivity index (χ0) is 10.7. The van der Waals surface area contributed by atoms with E-state index >= 15 is 0 Å². The Morgan fingerprint density at radius 2 is 1.87 bits per heavy atom. The second kappa shape index (κ2) is 4.43. The van der Waals surface area contributed by atoms with Crippen molar-refractivity contribution in [2.45, 2.75) is 6.10 Å². The Labute approximate surface area is 93.3 Å². The highest BCUT2D eigenvalue weighted by Crippen LogP contribution is 2.31. The van der Waals surface area contributed by atoms with Crippen LogP contribution in [0, 0.1) is 0 Å². The summed E-state index contributed by atoms with van der Waals surface area (Å²) in [7, 11) is 0. The first-order chi connectivity index (χ1) is 7.31. The van der Waals surface area contributed by atoms with E-state index in [1.807, 2.05) is 30.3 Å². The molecule has 0 bridgehead atoms. The van der Waals surface area contributed by atoms with Crippen LogP contribution in [0.1, 0.15) is 11.0 Å². The van der Waals surface area contributed by atoms with Gasteiger partial charge in [0.25, 0.3) is 0 Å². The summed E-state index contributed by atoms with van der Waals surface area (Å²) in [4.78, 5) is 2.11. The van der Waals surface area contributed by atoms with Crippen molar-refractivity contribution in [1.29, 1.82) is 0 Å². The Balaban J connectivity index is 2.32. The van der Waals surface area contributed by atoms with E-state index in [9.17, 15) is 5.11 Å². The highest BCUT2D eigenvalue weighted by Gasteiger charge is 2.07. The molecular weight excluding hydrogens is 204 g/mol. The van der Waals surface area contributed by atoms with Crippen LogP contribution in [-0.2, 0) is 0 Å². The lowest BCUT2D eigenvalue weighted by Crippen LogP contribution is -1.85. The van der Waals surface area contributed by atoms with E-state index in [0.29, 0.717) is 0 Å². The van der Waals surface area contributed by atoms with Gasteiger partial charge in [0, 0.05) is 9.75 Å². The molecule has 15 heavy (non-hydrogen) atoms. The Hall–Kier alpha value is -1.38. The highest BCUT2D eigenvalue weighted by molar-refractivity contribution is 7.15. The average molecular weight is 216 g/mol. The molecule has 2 heteroatoms. The molecule has 0 radical (unpaired) electrons. The molecule has 0 aliphatic rings. The summed E-state index contributed by atoms with van der Waals surface area (Å²) in [5, 5.41) is 9.58. The fraction of sp³-hybridized carbons (Fsp3) is 0.0769.